The highest BCUT2D eigenvalue weighted by Gasteiger charge is 2.63. The summed E-state index contributed by atoms with van der Waals surface area (Å²) < 4.78 is 14.0. The van der Waals surface area contributed by atoms with Gasteiger partial charge in [0.25, 0.3) is 0 Å². The number of hydrogen-bond donors (Lipinski definition) is 0. The van der Waals surface area contributed by atoms with Crippen molar-refractivity contribution in [3.8, 4) is 0 Å². The predicted molar refractivity (Wildman–Crippen MR) is 51.5 cm³/mol. The lowest BCUT2D eigenvalue weighted by Crippen LogP contribution is -2.52. The van der Waals surface area contributed by atoms with Crippen molar-refractivity contribution in [2.24, 2.45) is 17.8 Å². The molecule has 0 saturated carbocycles. The van der Waals surface area contributed by atoms with Gasteiger partial charge < -0.3 is 14.2 Å². The van der Waals surface area contributed by atoms with E-state index in [-0.39, 0.29) is 5.57 Å². The molecule has 0 radical (unpaired) electrons. The summed E-state index contributed by atoms with van der Waals surface area (Å²) in [6, 6.07) is 0. The second-order valence-corrected chi connectivity index (χ2v) is 4.29. The van der Waals surface area contributed by atoms with Crippen LogP contribution in [-0.4, -0.2) is 37.1 Å². The van der Waals surface area contributed by atoms with Crippen LogP contribution in [0.5, 0.6) is 0 Å². The van der Waals surface area contributed by atoms with Gasteiger partial charge in [0.1, 0.15) is 12.0 Å². The van der Waals surface area contributed by atoms with Crippen molar-refractivity contribution in [1.82, 2.24) is 0 Å². The van der Waals surface area contributed by atoms with Crippen molar-refractivity contribution in [1.29, 1.82) is 0 Å². The second-order valence-electron chi connectivity index (χ2n) is 4.29. The molecule has 4 unspecified atom stereocenters. The monoisotopic (exact) mass is 252 g/mol. The highest BCUT2D eigenvalue weighted by molar-refractivity contribution is 6.04. The smallest absolute Gasteiger partial charge is 0.337 e. The summed E-state index contributed by atoms with van der Waals surface area (Å²) in [5.41, 5.74) is 0.0926. The number of carbonyl (C=O) groups is 4. The summed E-state index contributed by atoms with van der Waals surface area (Å²) in [6.45, 7) is 0. The molecule has 0 amide bonds. The first-order chi connectivity index (χ1) is 8.54. The fourth-order valence-electron chi connectivity index (χ4n) is 2.65. The third kappa shape index (κ3) is 1.18. The molecule has 3 aliphatic heterocycles. The first kappa shape index (κ1) is 10.9. The molecule has 1 aliphatic carbocycles. The molecule has 0 spiro atoms. The number of cyclic esters (lactones) is 2. The van der Waals surface area contributed by atoms with E-state index < -0.39 is 47.7 Å². The minimum absolute atomic E-state index is 0.0926. The van der Waals surface area contributed by atoms with Gasteiger partial charge in [0, 0.05) is 0 Å². The van der Waals surface area contributed by atoms with Gasteiger partial charge in [0.05, 0.1) is 24.5 Å². The molecule has 18 heavy (non-hydrogen) atoms. The van der Waals surface area contributed by atoms with Gasteiger partial charge in [-0.2, -0.15) is 0 Å². The summed E-state index contributed by atoms with van der Waals surface area (Å²) in [7, 11) is 1.18. The Balaban J connectivity index is 2.08. The fourth-order valence-corrected chi connectivity index (χ4v) is 2.65. The van der Waals surface area contributed by atoms with Crippen molar-refractivity contribution in [2.75, 3.05) is 7.11 Å². The van der Waals surface area contributed by atoms with Crippen LogP contribution in [0.1, 0.15) is 0 Å². The Hall–Kier alpha value is -2.18. The molecule has 0 N–H and O–H groups in total. The lowest BCUT2D eigenvalue weighted by Gasteiger charge is -2.38. The van der Waals surface area contributed by atoms with Crippen LogP contribution in [0.15, 0.2) is 11.6 Å². The number of methoxy groups -OCH3 is 1. The van der Waals surface area contributed by atoms with E-state index in [1.54, 1.807) is 0 Å². The van der Waals surface area contributed by atoms with E-state index in [1.807, 2.05) is 0 Å². The van der Waals surface area contributed by atoms with Crippen LogP contribution in [-0.2, 0) is 33.4 Å². The number of fused-ring (bicyclic) bond motifs is 1. The van der Waals surface area contributed by atoms with Crippen LogP contribution >= 0.6 is 0 Å². The lowest BCUT2D eigenvalue weighted by atomic mass is 9.70. The molecule has 4 rings (SSSR count). The van der Waals surface area contributed by atoms with Gasteiger partial charge in [-0.3, -0.25) is 14.4 Å². The molecule has 2 bridgehead atoms. The van der Waals surface area contributed by atoms with Crippen LogP contribution in [0.3, 0.4) is 0 Å². The average molecular weight is 252 g/mol. The molecule has 7 nitrogen and oxygen atoms in total. The van der Waals surface area contributed by atoms with Gasteiger partial charge in [-0.05, 0) is 0 Å². The second kappa shape index (κ2) is 3.41. The molecule has 4 atom stereocenters. The van der Waals surface area contributed by atoms with E-state index in [2.05, 4.69) is 9.47 Å². The summed E-state index contributed by atoms with van der Waals surface area (Å²) in [6.07, 6.45) is 0.252. The van der Waals surface area contributed by atoms with E-state index in [0.29, 0.717) is 0 Å². The molecule has 3 heterocycles. The highest BCUT2D eigenvalue weighted by atomic mass is 16.6. The predicted octanol–water partition coefficient (Wildman–Crippen LogP) is -1.04. The zero-order valence-corrected chi connectivity index (χ0v) is 9.24. The maximum Gasteiger partial charge on any atom is 0.337 e. The van der Waals surface area contributed by atoms with E-state index in [0.717, 1.165) is 0 Å². The lowest BCUT2D eigenvalue weighted by molar-refractivity contribution is -0.171. The minimum atomic E-state index is -1.08. The molecule has 0 aromatic heterocycles. The zero-order chi connectivity index (χ0) is 13.0. The Bertz CT molecular complexity index is 517. The van der Waals surface area contributed by atoms with Gasteiger partial charge in [-0.25, -0.2) is 4.79 Å². The summed E-state index contributed by atoms with van der Waals surface area (Å²) in [5.74, 6) is -5.56. The van der Waals surface area contributed by atoms with Crippen LogP contribution in [0.25, 0.3) is 0 Å². The number of rotatable bonds is 1. The molecular formula is C11H8O7. The van der Waals surface area contributed by atoms with Crippen LogP contribution in [0.2, 0.25) is 0 Å². The Labute approximate surface area is 101 Å². The Morgan fingerprint density at radius 2 is 1.83 bits per heavy atom. The first-order valence-corrected chi connectivity index (χ1v) is 5.30. The summed E-state index contributed by atoms with van der Waals surface area (Å²) >= 11 is 0. The molecule has 0 aromatic carbocycles. The third-order valence-corrected chi connectivity index (χ3v) is 3.45. The Kier molecular flexibility index (Phi) is 2.07. The van der Waals surface area contributed by atoms with Gasteiger partial charge in [0.15, 0.2) is 0 Å². The minimum Gasteiger partial charge on any atom is -0.466 e. The highest BCUT2D eigenvalue weighted by Crippen LogP contribution is 2.46. The van der Waals surface area contributed by atoms with Crippen molar-refractivity contribution in [3.63, 3.8) is 0 Å². The van der Waals surface area contributed by atoms with Crippen LogP contribution < -0.4 is 0 Å². The third-order valence-electron chi connectivity index (χ3n) is 3.45. The van der Waals surface area contributed by atoms with Crippen molar-refractivity contribution in [2.45, 2.75) is 6.10 Å². The van der Waals surface area contributed by atoms with Crippen molar-refractivity contribution >= 4 is 23.9 Å². The fraction of sp³-hybridized carbons (Fsp3) is 0.455. The number of esters is 4. The number of ether oxygens (including phenoxy) is 3. The average Bonchev–Trinajstić information content (AvgIpc) is 2.66. The van der Waals surface area contributed by atoms with Crippen molar-refractivity contribution in [3.05, 3.63) is 11.6 Å². The maximum atomic E-state index is 11.6. The van der Waals surface area contributed by atoms with Gasteiger partial charge >= 0.3 is 23.9 Å². The largest absolute Gasteiger partial charge is 0.466 e. The summed E-state index contributed by atoms with van der Waals surface area (Å²) in [5, 5.41) is 0. The topological polar surface area (TPSA) is 96.0 Å². The van der Waals surface area contributed by atoms with Crippen molar-refractivity contribution < 1.29 is 33.4 Å². The molecule has 0 aromatic rings. The van der Waals surface area contributed by atoms with E-state index in [1.165, 1.54) is 13.2 Å². The molecule has 7 heteroatoms. The van der Waals surface area contributed by atoms with Crippen LogP contribution in [0.4, 0.5) is 0 Å². The standard InChI is InChI=1S/C11H8O7/c1-16-8(12)4-2-3-5-6(7(4)17-9(3)13)11(15)18-10(5)14/h2-3,5-7H,1H3. The molecule has 2 saturated heterocycles. The Morgan fingerprint density at radius 1 is 1.17 bits per heavy atom. The first-order valence-electron chi connectivity index (χ1n) is 5.30. The van der Waals surface area contributed by atoms with E-state index in [9.17, 15) is 19.2 Å². The van der Waals surface area contributed by atoms with Gasteiger partial charge in [-0.1, -0.05) is 6.08 Å². The Morgan fingerprint density at radius 3 is 2.50 bits per heavy atom. The van der Waals surface area contributed by atoms with Gasteiger partial charge in [0.2, 0.25) is 0 Å². The molecule has 94 valence electrons. The number of carbonyl (C=O) groups excluding carboxylic acids is 4. The molecule has 4 aliphatic rings. The zero-order valence-electron chi connectivity index (χ0n) is 9.24. The molecule has 2 fully saturated rings. The maximum absolute atomic E-state index is 11.6. The SMILES string of the molecule is COC(=O)C1=CC2C(=O)OC1C1C(=O)OC(=O)C21. The van der Waals surface area contributed by atoms with Gasteiger partial charge in [-0.15, -0.1) is 0 Å². The summed E-state index contributed by atoms with van der Waals surface area (Å²) in [4.78, 5) is 46.2. The number of hydrogen-bond acceptors (Lipinski definition) is 7. The van der Waals surface area contributed by atoms with E-state index in [4.69, 9.17) is 4.74 Å². The molecular weight excluding hydrogens is 244 g/mol. The van der Waals surface area contributed by atoms with E-state index >= 15 is 0 Å². The quantitative estimate of drug-likeness (QED) is 0.334. The van der Waals surface area contributed by atoms with Crippen LogP contribution in [0, 0.1) is 17.8 Å². The normalized spacial score (nSPS) is 36.7.